The van der Waals surface area contributed by atoms with Gasteiger partial charge in [0.1, 0.15) is 0 Å². The number of hydrogen-bond acceptors (Lipinski definition) is 2. The van der Waals surface area contributed by atoms with Crippen LogP contribution in [0.25, 0.3) is 11.1 Å². The standard InChI is InChI=1S/C21H19BrO2/c22-12-21(24)16-7-8-17-13(9-16)3-1-4-14-11-19-15(10-18(14)17)5-2-6-20(19)23/h7-11H,1-6,12H2. The minimum absolute atomic E-state index is 0.123. The van der Waals surface area contributed by atoms with Gasteiger partial charge in [0.05, 0.1) is 5.33 Å². The minimum atomic E-state index is 0.123. The van der Waals surface area contributed by atoms with Gasteiger partial charge in [0.2, 0.25) is 0 Å². The molecule has 0 fully saturated rings. The Morgan fingerprint density at radius 3 is 2.21 bits per heavy atom. The predicted octanol–water partition coefficient (Wildman–Crippen LogP) is 4.94. The molecular formula is C21H19BrO2. The van der Waals surface area contributed by atoms with Crippen molar-refractivity contribution in [3.63, 3.8) is 0 Å². The Hall–Kier alpha value is -1.74. The van der Waals surface area contributed by atoms with Crippen molar-refractivity contribution in [2.24, 2.45) is 0 Å². The Labute approximate surface area is 150 Å². The monoisotopic (exact) mass is 382 g/mol. The Balaban J connectivity index is 1.86. The molecule has 0 N–H and O–H groups in total. The molecule has 0 heterocycles. The van der Waals surface area contributed by atoms with Gasteiger partial charge in [0.15, 0.2) is 11.6 Å². The molecule has 2 aliphatic carbocycles. The fourth-order valence-electron chi connectivity index (χ4n) is 3.97. The van der Waals surface area contributed by atoms with E-state index < -0.39 is 0 Å². The Morgan fingerprint density at radius 2 is 1.46 bits per heavy atom. The number of halogens is 1. The highest BCUT2D eigenvalue weighted by Crippen LogP contribution is 2.36. The number of Topliss-reactive ketones (excluding diaryl/α,β-unsaturated/α-hetero) is 2. The van der Waals surface area contributed by atoms with Gasteiger partial charge in [-0.15, -0.1) is 0 Å². The molecule has 0 saturated heterocycles. The molecule has 2 aromatic carbocycles. The van der Waals surface area contributed by atoms with Crippen LogP contribution in [0.4, 0.5) is 0 Å². The summed E-state index contributed by atoms with van der Waals surface area (Å²) >= 11 is 3.25. The van der Waals surface area contributed by atoms with Gasteiger partial charge in [-0.3, -0.25) is 9.59 Å². The molecule has 4 rings (SSSR count). The first-order chi connectivity index (χ1) is 11.7. The third-order valence-corrected chi connectivity index (χ3v) is 5.72. The zero-order chi connectivity index (χ0) is 16.7. The third kappa shape index (κ3) is 2.65. The van der Waals surface area contributed by atoms with Crippen molar-refractivity contribution in [2.45, 2.75) is 38.5 Å². The van der Waals surface area contributed by atoms with E-state index in [2.05, 4.69) is 40.2 Å². The van der Waals surface area contributed by atoms with Crippen molar-refractivity contribution in [3.05, 3.63) is 58.1 Å². The van der Waals surface area contributed by atoms with Gasteiger partial charge in [0, 0.05) is 17.5 Å². The van der Waals surface area contributed by atoms with Crippen LogP contribution in [0.2, 0.25) is 0 Å². The second-order valence-corrected chi connectivity index (χ2v) is 7.29. The Bertz CT molecular complexity index is 851. The number of carbonyl (C=O) groups excluding carboxylic acids is 2. The molecule has 0 saturated carbocycles. The van der Waals surface area contributed by atoms with Crippen LogP contribution in [-0.2, 0) is 19.3 Å². The lowest BCUT2D eigenvalue weighted by molar-refractivity contribution is 0.0971. The van der Waals surface area contributed by atoms with E-state index in [1.807, 2.05) is 6.07 Å². The topological polar surface area (TPSA) is 34.1 Å². The van der Waals surface area contributed by atoms with E-state index in [-0.39, 0.29) is 5.78 Å². The summed E-state index contributed by atoms with van der Waals surface area (Å²) < 4.78 is 0. The number of carbonyl (C=O) groups is 2. The molecule has 0 bridgehead atoms. The van der Waals surface area contributed by atoms with Gasteiger partial charge in [0.25, 0.3) is 0 Å². The van der Waals surface area contributed by atoms with Crippen molar-refractivity contribution in [1.29, 1.82) is 0 Å². The smallest absolute Gasteiger partial charge is 0.173 e. The van der Waals surface area contributed by atoms with Crippen LogP contribution in [0.1, 0.15) is 56.7 Å². The van der Waals surface area contributed by atoms with E-state index in [9.17, 15) is 9.59 Å². The molecule has 0 radical (unpaired) electrons. The maximum Gasteiger partial charge on any atom is 0.173 e. The van der Waals surface area contributed by atoms with Gasteiger partial charge in [-0.05, 0) is 72.1 Å². The first kappa shape index (κ1) is 15.8. The van der Waals surface area contributed by atoms with Crippen LogP contribution < -0.4 is 0 Å². The zero-order valence-corrected chi connectivity index (χ0v) is 15.1. The molecule has 3 heteroatoms. The molecule has 2 nitrogen and oxygen atoms in total. The molecule has 0 aromatic heterocycles. The quantitative estimate of drug-likeness (QED) is 0.544. The highest BCUT2D eigenvalue weighted by atomic mass is 79.9. The van der Waals surface area contributed by atoms with Gasteiger partial charge in [-0.2, -0.15) is 0 Å². The molecule has 24 heavy (non-hydrogen) atoms. The summed E-state index contributed by atoms with van der Waals surface area (Å²) in [6.07, 6.45) is 5.65. The SMILES string of the molecule is O=C(CBr)c1ccc2c(c1)CCCc1cc3c(cc1-2)CCCC3=O. The lowest BCUT2D eigenvalue weighted by Gasteiger charge is -2.19. The van der Waals surface area contributed by atoms with Crippen LogP contribution in [0.15, 0.2) is 30.3 Å². The highest BCUT2D eigenvalue weighted by Gasteiger charge is 2.22. The molecule has 0 spiro atoms. The lowest BCUT2D eigenvalue weighted by Crippen LogP contribution is -2.12. The zero-order valence-electron chi connectivity index (χ0n) is 13.5. The van der Waals surface area contributed by atoms with Crippen molar-refractivity contribution in [2.75, 3.05) is 5.33 Å². The van der Waals surface area contributed by atoms with Crippen LogP contribution in [0, 0.1) is 0 Å². The summed E-state index contributed by atoms with van der Waals surface area (Å²) in [5, 5.41) is 0.359. The lowest BCUT2D eigenvalue weighted by atomic mass is 9.85. The van der Waals surface area contributed by atoms with Crippen LogP contribution in [0.5, 0.6) is 0 Å². The predicted molar refractivity (Wildman–Crippen MR) is 99.3 cm³/mol. The van der Waals surface area contributed by atoms with Crippen molar-refractivity contribution in [1.82, 2.24) is 0 Å². The largest absolute Gasteiger partial charge is 0.294 e. The number of alkyl halides is 1. The molecular weight excluding hydrogens is 364 g/mol. The molecule has 0 amide bonds. The van der Waals surface area contributed by atoms with E-state index in [1.54, 1.807) is 0 Å². The third-order valence-electron chi connectivity index (χ3n) is 5.21. The normalized spacial score (nSPS) is 16.0. The average Bonchev–Trinajstić information content (AvgIpc) is 2.78. The summed E-state index contributed by atoms with van der Waals surface area (Å²) in [5.41, 5.74) is 7.93. The first-order valence-electron chi connectivity index (χ1n) is 8.59. The maximum absolute atomic E-state index is 12.2. The van der Waals surface area contributed by atoms with E-state index in [1.165, 1.54) is 27.8 Å². The number of hydrogen-bond donors (Lipinski definition) is 0. The van der Waals surface area contributed by atoms with Gasteiger partial charge < -0.3 is 0 Å². The number of rotatable bonds is 2. The van der Waals surface area contributed by atoms with Crippen LogP contribution >= 0.6 is 15.9 Å². The highest BCUT2D eigenvalue weighted by molar-refractivity contribution is 9.09. The van der Waals surface area contributed by atoms with Gasteiger partial charge in [-0.1, -0.05) is 34.1 Å². The van der Waals surface area contributed by atoms with E-state index in [4.69, 9.17) is 0 Å². The fourth-order valence-corrected chi connectivity index (χ4v) is 4.29. The molecule has 122 valence electrons. The van der Waals surface area contributed by atoms with E-state index >= 15 is 0 Å². The van der Waals surface area contributed by atoms with Crippen molar-refractivity contribution in [3.8, 4) is 11.1 Å². The Morgan fingerprint density at radius 1 is 0.833 bits per heavy atom. The second-order valence-electron chi connectivity index (χ2n) is 6.73. The number of ketones is 2. The number of benzene rings is 2. The number of fused-ring (bicyclic) bond motifs is 4. The van der Waals surface area contributed by atoms with Crippen LogP contribution in [-0.4, -0.2) is 16.9 Å². The Kier molecular flexibility index (Phi) is 4.13. The summed E-state index contributed by atoms with van der Waals surface area (Å²) in [7, 11) is 0. The van der Waals surface area contributed by atoms with Crippen LogP contribution in [0.3, 0.4) is 0 Å². The second kappa shape index (κ2) is 6.29. The summed E-state index contributed by atoms with van der Waals surface area (Å²) in [4.78, 5) is 24.2. The molecule has 0 unspecified atom stereocenters. The van der Waals surface area contributed by atoms with Crippen molar-refractivity contribution < 1.29 is 9.59 Å². The van der Waals surface area contributed by atoms with E-state index in [0.29, 0.717) is 17.5 Å². The summed E-state index contributed by atoms with van der Waals surface area (Å²) in [6.45, 7) is 0. The molecule has 2 aromatic rings. The summed E-state index contributed by atoms with van der Waals surface area (Å²) in [6, 6.07) is 10.4. The van der Waals surface area contributed by atoms with Gasteiger partial charge in [-0.25, -0.2) is 0 Å². The molecule has 0 atom stereocenters. The fraction of sp³-hybridized carbons (Fsp3) is 0.333. The molecule has 2 aliphatic rings. The minimum Gasteiger partial charge on any atom is -0.294 e. The first-order valence-corrected chi connectivity index (χ1v) is 9.71. The molecule has 0 aliphatic heterocycles. The van der Waals surface area contributed by atoms with E-state index in [0.717, 1.165) is 43.2 Å². The summed E-state index contributed by atoms with van der Waals surface area (Å²) in [5.74, 6) is 0.417. The van der Waals surface area contributed by atoms with Gasteiger partial charge >= 0.3 is 0 Å². The average molecular weight is 383 g/mol. The maximum atomic E-state index is 12.2. The van der Waals surface area contributed by atoms with Crippen molar-refractivity contribution >= 4 is 27.5 Å². The number of aryl methyl sites for hydroxylation is 3.